The van der Waals surface area contributed by atoms with Gasteiger partial charge in [-0.3, -0.25) is 9.78 Å². The number of nitrogens with one attached hydrogen (secondary N) is 1. The van der Waals surface area contributed by atoms with Gasteiger partial charge in [0, 0.05) is 29.4 Å². The number of pyridine rings is 1. The largest absolute Gasteiger partial charge is 0.494 e. The van der Waals surface area contributed by atoms with Crippen molar-refractivity contribution in [2.75, 3.05) is 0 Å². The second kappa shape index (κ2) is 7.41. The maximum absolute atomic E-state index is 12.9. The molecular weight excluding hydrogens is 414 g/mol. The van der Waals surface area contributed by atoms with Crippen molar-refractivity contribution in [3.63, 3.8) is 0 Å². The van der Waals surface area contributed by atoms with Gasteiger partial charge in [-0.25, -0.2) is 0 Å². The fourth-order valence-corrected chi connectivity index (χ4v) is 3.91. The summed E-state index contributed by atoms with van der Waals surface area (Å²) in [5.41, 5.74) is 5.02. The number of H-pyrrole nitrogens is 1. The maximum Gasteiger partial charge on any atom is 0.237 e. The van der Waals surface area contributed by atoms with E-state index in [0.717, 1.165) is 22.3 Å². The molecule has 0 fully saturated rings. The number of benzene rings is 2. The van der Waals surface area contributed by atoms with E-state index in [4.69, 9.17) is 16.1 Å². The molecule has 152 valence electrons. The number of aromatic hydroxyl groups is 1. The number of carbonyl (C=O) groups excluding carboxylic acids is 1. The van der Waals surface area contributed by atoms with Crippen molar-refractivity contribution in [2.24, 2.45) is 0 Å². The van der Waals surface area contributed by atoms with Gasteiger partial charge in [-0.1, -0.05) is 41.0 Å². The third-order valence-corrected chi connectivity index (χ3v) is 5.47. The summed E-state index contributed by atoms with van der Waals surface area (Å²) < 4.78 is 5.09. The quantitative estimate of drug-likeness (QED) is 0.353. The fraction of sp³-hybridized carbons (Fsp3) is 0.0417. The summed E-state index contributed by atoms with van der Waals surface area (Å²) in [5, 5.41) is 15.2. The third kappa shape index (κ3) is 3.37. The number of carbonyl (C=O) groups is 1. The second-order valence-electron chi connectivity index (χ2n) is 7.20. The van der Waals surface area contributed by atoms with Crippen LogP contribution in [0.15, 0.2) is 71.5 Å². The second-order valence-corrected chi connectivity index (χ2v) is 7.61. The number of hydrogen-bond acceptors (Lipinski definition) is 5. The Bertz CT molecular complexity index is 1420. The molecule has 0 radical (unpaired) electrons. The normalized spacial score (nSPS) is 11.2. The molecule has 0 saturated heterocycles. The molecule has 0 unspecified atom stereocenters. The number of aromatic nitrogens is 3. The SMILES string of the molecule is Cc1cc(C(=O)c2c(O)[nH]c3cc(Cl)c(-c4ccc(-c5ccncc5)cc4)cc23)on1. The molecule has 3 heterocycles. The molecule has 31 heavy (non-hydrogen) atoms. The molecule has 0 atom stereocenters. The van der Waals surface area contributed by atoms with Crippen LogP contribution >= 0.6 is 11.6 Å². The molecule has 5 aromatic rings. The Labute approximate surface area is 182 Å². The zero-order chi connectivity index (χ0) is 21.5. The molecule has 5 rings (SSSR count). The maximum atomic E-state index is 12.9. The predicted molar refractivity (Wildman–Crippen MR) is 118 cm³/mol. The first-order valence-electron chi connectivity index (χ1n) is 9.54. The van der Waals surface area contributed by atoms with Gasteiger partial charge in [0.05, 0.1) is 21.8 Å². The van der Waals surface area contributed by atoms with Gasteiger partial charge in [-0.2, -0.15) is 0 Å². The number of aromatic amines is 1. The van der Waals surface area contributed by atoms with E-state index < -0.39 is 5.78 Å². The Kier molecular flexibility index (Phi) is 4.56. The van der Waals surface area contributed by atoms with Crippen LogP contribution in [0.1, 0.15) is 21.8 Å². The number of nitrogens with zero attached hydrogens (tertiary/aromatic N) is 2. The first-order valence-corrected chi connectivity index (χ1v) is 9.92. The summed E-state index contributed by atoms with van der Waals surface area (Å²) in [7, 11) is 0. The molecule has 2 aromatic carbocycles. The van der Waals surface area contributed by atoms with E-state index in [9.17, 15) is 9.90 Å². The van der Waals surface area contributed by atoms with Gasteiger partial charge >= 0.3 is 0 Å². The van der Waals surface area contributed by atoms with E-state index in [1.54, 1.807) is 31.5 Å². The minimum atomic E-state index is -0.453. The minimum Gasteiger partial charge on any atom is -0.494 e. The molecule has 0 bridgehead atoms. The lowest BCUT2D eigenvalue weighted by molar-refractivity contribution is 0.0999. The Morgan fingerprint density at radius 1 is 1.00 bits per heavy atom. The van der Waals surface area contributed by atoms with Gasteiger partial charge in [0.1, 0.15) is 0 Å². The Morgan fingerprint density at radius 3 is 2.35 bits per heavy atom. The van der Waals surface area contributed by atoms with Crippen LogP contribution in [-0.2, 0) is 0 Å². The molecule has 7 heteroatoms. The van der Waals surface area contributed by atoms with Crippen LogP contribution in [0.2, 0.25) is 5.02 Å². The van der Waals surface area contributed by atoms with Crippen molar-refractivity contribution in [3.8, 4) is 28.1 Å². The smallest absolute Gasteiger partial charge is 0.237 e. The highest BCUT2D eigenvalue weighted by atomic mass is 35.5. The topological polar surface area (TPSA) is 92.0 Å². The highest BCUT2D eigenvalue weighted by Crippen LogP contribution is 2.37. The lowest BCUT2D eigenvalue weighted by atomic mass is 9.98. The van der Waals surface area contributed by atoms with Gasteiger partial charge < -0.3 is 14.6 Å². The Hall–Kier alpha value is -3.90. The Morgan fingerprint density at radius 2 is 1.68 bits per heavy atom. The molecule has 0 aliphatic rings. The first kappa shape index (κ1) is 19.1. The van der Waals surface area contributed by atoms with E-state index in [1.807, 2.05) is 36.4 Å². The fourth-order valence-electron chi connectivity index (χ4n) is 3.63. The van der Waals surface area contributed by atoms with Crippen LogP contribution < -0.4 is 0 Å². The van der Waals surface area contributed by atoms with Crippen LogP contribution in [0.25, 0.3) is 33.2 Å². The molecule has 0 saturated carbocycles. The van der Waals surface area contributed by atoms with Gasteiger partial charge in [-0.15, -0.1) is 0 Å². The van der Waals surface area contributed by atoms with Gasteiger partial charge in [0.25, 0.3) is 0 Å². The molecule has 0 aliphatic heterocycles. The summed E-state index contributed by atoms with van der Waals surface area (Å²) in [5.74, 6) is -0.632. The molecule has 3 aromatic heterocycles. The third-order valence-electron chi connectivity index (χ3n) is 5.15. The predicted octanol–water partition coefficient (Wildman–Crippen LogP) is 5.78. The van der Waals surface area contributed by atoms with Crippen LogP contribution in [0.4, 0.5) is 0 Å². The van der Waals surface area contributed by atoms with Crippen LogP contribution in [0.3, 0.4) is 0 Å². The summed E-state index contributed by atoms with van der Waals surface area (Å²) in [6.45, 7) is 1.73. The average Bonchev–Trinajstić information content (AvgIpc) is 3.35. The van der Waals surface area contributed by atoms with Crippen molar-refractivity contribution in [3.05, 3.63) is 89.0 Å². The summed E-state index contributed by atoms with van der Waals surface area (Å²) >= 11 is 6.53. The van der Waals surface area contributed by atoms with Crippen molar-refractivity contribution >= 4 is 28.3 Å². The van der Waals surface area contributed by atoms with Gasteiger partial charge in [-0.05, 0) is 47.9 Å². The van der Waals surface area contributed by atoms with Crippen molar-refractivity contribution in [1.29, 1.82) is 0 Å². The summed E-state index contributed by atoms with van der Waals surface area (Å²) in [6, 6.07) is 16.9. The first-order chi connectivity index (χ1) is 15.0. The van der Waals surface area contributed by atoms with E-state index in [-0.39, 0.29) is 17.2 Å². The number of rotatable bonds is 4. The van der Waals surface area contributed by atoms with Gasteiger partial charge in [0.15, 0.2) is 0 Å². The monoisotopic (exact) mass is 429 g/mol. The van der Waals surface area contributed by atoms with E-state index in [2.05, 4.69) is 15.1 Å². The van der Waals surface area contributed by atoms with E-state index in [1.165, 1.54) is 6.07 Å². The highest BCUT2D eigenvalue weighted by molar-refractivity contribution is 6.34. The lowest BCUT2D eigenvalue weighted by Gasteiger charge is -2.08. The van der Waals surface area contributed by atoms with E-state index >= 15 is 0 Å². The zero-order valence-electron chi connectivity index (χ0n) is 16.4. The number of ketones is 1. The minimum absolute atomic E-state index is 0.0619. The van der Waals surface area contributed by atoms with Crippen molar-refractivity contribution in [1.82, 2.24) is 15.1 Å². The molecule has 0 spiro atoms. The molecule has 0 amide bonds. The molecule has 0 aliphatic carbocycles. The average molecular weight is 430 g/mol. The number of halogens is 1. The number of fused-ring (bicyclic) bond motifs is 1. The zero-order valence-corrected chi connectivity index (χ0v) is 17.1. The molecule has 6 nitrogen and oxygen atoms in total. The lowest BCUT2D eigenvalue weighted by Crippen LogP contribution is -1.99. The number of hydrogen-bond donors (Lipinski definition) is 2. The van der Waals surface area contributed by atoms with E-state index in [0.29, 0.717) is 21.6 Å². The Balaban J connectivity index is 1.60. The van der Waals surface area contributed by atoms with Crippen LogP contribution in [0.5, 0.6) is 5.88 Å². The van der Waals surface area contributed by atoms with Gasteiger partial charge in [0.2, 0.25) is 17.4 Å². The van der Waals surface area contributed by atoms with Crippen LogP contribution in [-0.4, -0.2) is 26.0 Å². The highest BCUT2D eigenvalue weighted by Gasteiger charge is 2.24. The standard InChI is InChI=1S/C24H16ClN3O3/c1-13-10-21(31-28-13)23(29)22-18-11-17(19(25)12-20(18)27-24(22)30)16-4-2-14(3-5-16)15-6-8-26-9-7-15/h2-12,27,30H,1H3. The molecule has 2 N–H and O–H groups in total. The summed E-state index contributed by atoms with van der Waals surface area (Å²) in [6.07, 6.45) is 3.50. The van der Waals surface area contributed by atoms with Crippen LogP contribution in [0, 0.1) is 6.92 Å². The van der Waals surface area contributed by atoms with Crippen molar-refractivity contribution < 1.29 is 14.4 Å². The molecular formula is C24H16ClN3O3. The van der Waals surface area contributed by atoms with Crippen molar-refractivity contribution in [2.45, 2.75) is 6.92 Å². The summed E-state index contributed by atoms with van der Waals surface area (Å²) in [4.78, 5) is 19.8. The number of aryl methyl sites for hydroxylation is 1.